The number of likely N-dealkylation sites (N-methyl/N-ethyl adjacent to an activating group) is 1. The smallest absolute Gasteiger partial charge is 0.176 e. The van der Waals surface area contributed by atoms with Gasteiger partial charge in [-0.15, -0.1) is 0 Å². The van der Waals surface area contributed by atoms with Crippen molar-refractivity contribution in [3.63, 3.8) is 0 Å². The Bertz CT molecular complexity index is 569. The van der Waals surface area contributed by atoms with E-state index in [0.717, 1.165) is 11.2 Å². The van der Waals surface area contributed by atoms with Crippen molar-refractivity contribution in [3.05, 3.63) is 42.9 Å². The van der Waals surface area contributed by atoms with Crippen molar-refractivity contribution in [2.45, 2.75) is 0 Å². The third-order valence-corrected chi connectivity index (χ3v) is 2.53. The predicted molar refractivity (Wildman–Crippen MR) is 67.8 cm³/mol. The van der Waals surface area contributed by atoms with Crippen molar-refractivity contribution in [2.75, 3.05) is 20.6 Å². The molecule has 2 rings (SSSR count). The second-order valence-corrected chi connectivity index (χ2v) is 4.25. The molecule has 0 aliphatic rings. The summed E-state index contributed by atoms with van der Waals surface area (Å²) in [5.41, 5.74) is 2.23. The maximum atomic E-state index is 11.9. The highest BCUT2D eigenvalue weighted by Crippen LogP contribution is 2.14. The maximum absolute atomic E-state index is 11.9. The molecule has 0 bridgehead atoms. The van der Waals surface area contributed by atoms with E-state index in [1.807, 2.05) is 47.9 Å². The third-order valence-electron chi connectivity index (χ3n) is 2.53. The number of hydrogen-bond donors (Lipinski definition) is 0. The number of fused-ring (bicyclic) bond motifs is 1. The molecule has 2 aromatic rings. The lowest BCUT2D eigenvalue weighted by molar-refractivity contribution is -0.114. The van der Waals surface area contributed by atoms with Gasteiger partial charge in [0, 0.05) is 29.7 Å². The number of imidazole rings is 1. The average Bonchev–Trinajstić information content (AvgIpc) is 2.73. The van der Waals surface area contributed by atoms with E-state index in [9.17, 15) is 4.79 Å². The summed E-state index contributed by atoms with van der Waals surface area (Å²) in [5, 5.41) is 0. The fraction of sp³-hybridized carbons (Fsp3) is 0.231. The topological polar surface area (TPSA) is 37.6 Å². The first-order valence-electron chi connectivity index (χ1n) is 5.38. The molecule has 0 saturated heterocycles. The van der Waals surface area contributed by atoms with Gasteiger partial charge in [-0.3, -0.25) is 4.79 Å². The fourth-order valence-electron chi connectivity index (χ4n) is 1.64. The van der Waals surface area contributed by atoms with Gasteiger partial charge in [-0.25, -0.2) is 4.98 Å². The number of carbonyl (C=O) groups excluding carboxylic acids is 1. The van der Waals surface area contributed by atoms with Gasteiger partial charge < -0.3 is 9.30 Å². The van der Waals surface area contributed by atoms with Crippen LogP contribution < -0.4 is 0 Å². The molecule has 17 heavy (non-hydrogen) atoms. The van der Waals surface area contributed by atoms with Gasteiger partial charge in [0.15, 0.2) is 5.78 Å². The van der Waals surface area contributed by atoms with Crippen LogP contribution in [0.3, 0.4) is 0 Å². The standard InChI is InChI=1S/C13H15N3O/c1-10(12(17)9-15(2)3)11-4-5-13-14-6-7-16(13)8-11/h4-8H,1,9H2,2-3H3. The SMILES string of the molecule is C=C(C(=O)CN(C)C)c1ccc2nccn2c1. The zero-order valence-electron chi connectivity index (χ0n) is 10.1. The van der Waals surface area contributed by atoms with Gasteiger partial charge in [0.2, 0.25) is 0 Å². The lowest BCUT2D eigenvalue weighted by Crippen LogP contribution is -2.22. The Labute approximate surface area is 100 Å². The normalized spacial score (nSPS) is 11.0. The Morgan fingerprint density at radius 1 is 1.47 bits per heavy atom. The first kappa shape index (κ1) is 11.5. The Morgan fingerprint density at radius 2 is 2.24 bits per heavy atom. The van der Waals surface area contributed by atoms with E-state index in [1.165, 1.54) is 0 Å². The molecule has 0 aliphatic heterocycles. The summed E-state index contributed by atoms with van der Waals surface area (Å²) in [6.07, 6.45) is 5.45. The van der Waals surface area contributed by atoms with Crippen LogP contribution in [0.4, 0.5) is 0 Å². The highest BCUT2D eigenvalue weighted by atomic mass is 16.1. The fourth-order valence-corrected chi connectivity index (χ4v) is 1.64. The zero-order valence-corrected chi connectivity index (χ0v) is 10.1. The van der Waals surface area contributed by atoms with E-state index < -0.39 is 0 Å². The predicted octanol–water partition coefficient (Wildman–Crippen LogP) is 1.48. The summed E-state index contributed by atoms with van der Waals surface area (Å²) >= 11 is 0. The Morgan fingerprint density at radius 3 is 2.94 bits per heavy atom. The van der Waals surface area contributed by atoms with E-state index in [0.29, 0.717) is 12.1 Å². The number of rotatable bonds is 4. The van der Waals surface area contributed by atoms with Crippen molar-refractivity contribution in [1.29, 1.82) is 0 Å². The van der Waals surface area contributed by atoms with Crippen LogP contribution in [0.2, 0.25) is 0 Å². The van der Waals surface area contributed by atoms with Crippen LogP contribution in [0.15, 0.2) is 37.3 Å². The van der Waals surface area contributed by atoms with E-state index in [4.69, 9.17) is 0 Å². The van der Waals surface area contributed by atoms with Gasteiger partial charge in [0.25, 0.3) is 0 Å². The summed E-state index contributed by atoms with van der Waals surface area (Å²) in [6, 6.07) is 3.75. The number of ketones is 1. The van der Waals surface area contributed by atoms with Crippen LogP contribution in [-0.2, 0) is 4.79 Å². The van der Waals surface area contributed by atoms with Crippen molar-refractivity contribution >= 4 is 17.0 Å². The van der Waals surface area contributed by atoms with Gasteiger partial charge in [-0.05, 0) is 26.2 Å². The number of Topliss-reactive ketones (excluding diaryl/α,β-unsaturated/α-hetero) is 1. The molecule has 0 N–H and O–H groups in total. The quantitative estimate of drug-likeness (QED) is 0.745. The minimum Gasteiger partial charge on any atom is -0.306 e. The molecule has 88 valence electrons. The molecule has 0 fully saturated rings. The van der Waals surface area contributed by atoms with E-state index in [1.54, 1.807) is 6.20 Å². The van der Waals surface area contributed by atoms with E-state index >= 15 is 0 Å². The summed E-state index contributed by atoms with van der Waals surface area (Å²) in [5.74, 6) is 0.0365. The van der Waals surface area contributed by atoms with Crippen LogP contribution in [0.1, 0.15) is 5.56 Å². The maximum Gasteiger partial charge on any atom is 0.176 e. The largest absolute Gasteiger partial charge is 0.306 e. The van der Waals surface area contributed by atoms with Crippen LogP contribution in [0, 0.1) is 0 Å². The molecule has 4 heteroatoms. The second kappa shape index (κ2) is 4.51. The summed E-state index contributed by atoms with van der Waals surface area (Å²) in [7, 11) is 3.73. The molecule has 0 radical (unpaired) electrons. The van der Waals surface area contributed by atoms with Crippen LogP contribution >= 0.6 is 0 Å². The van der Waals surface area contributed by atoms with Gasteiger partial charge in [0.05, 0.1) is 6.54 Å². The summed E-state index contributed by atoms with van der Waals surface area (Å²) in [4.78, 5) is 17.9. The Balaban J connectivity index is 2.26. The molecular formula is C13H15N3O. The highest BCUT2D eigenvalue weighted by molar-refractivity contribution is 6.20. The molecule has 4 nitrogen and oxygen atoms in total. The number of aromatic nitrogens is 2. The molecular weight excluding hydrogens is 214 g/mol. The third kappa shape index (κ3) is 2.42. The van der Waals surface area contributed by atoms with Gasteiger partial charge in [0.1, 0.15) is 5.65 Å². The molecule has 0 atom stereocenters. The molecule has 2 heterocycles. The molecule has 0 aromatic carbocycles. The number of hydrogen-bond acceptors (Lipinski definition) is 3. The second-order valence-electron chi connectivity index (χ2n) is 4.25. The van der Waals surface area contributed by atoms with E-state index in [2.05, 4.69) is 11.6 Å². The number of pyridine rings is 1. The lowest BCUT2D eigenvalue weighted by Gasteiger charge is -2.10. The molecule has 0 spiro atoms. The molecule has 2 aromatic heterocycles. The first-order valence-corrected chi connectivity index (χ1v) is 5.38. The number of carbonyl (C=O) groups is 1. The van der Waals surface area contributed by atoms with Crippen LogP contribution in [0.5, 0.6) is 0 Å². The van der Waals surface area contributed by atoms with Gasteiger partial charge in [-0.1, -0.05) is 6.58 Å². The van der Waals surface area contributed by atoms with Gasteiger partial charge in [-0.2, -0.15) is 0 Å². The monoisotopic (exact) mass is 229 g/mol. The summed E-state index contributed by atoms with van der Waals surface area (Å²) in [6.45, 7) is 4.23. The molecule has 0 saturated carbocycles. The van der Waals surface area contributed by atoms with Crippen molar-refractivity contribution in [1.82, 2.24) is 14.3 Å². The highest BCUT2D eigenvalue weighted by Gasteiger charge is 2.11. The molecule has 0 unspecified atom stereocenters. The van der Waals surface area contributed by atoms with Crippen LogP contribution in [-0.4, -0.2) is 40.7 Å². The minimum atomic E-state index is 0.0365. The molecule has 0 aliphatic carbocycles. The van der Waals surface area contributed by atoms with E-state index in [-0.39, 0.29) is 5.78 Å². The van der Waals surface area contributed by atoms with Gasteiger partial charge >= 0.3 is 0 Å². The van der Waals surface area contributed by atoms with Crippen molar-refractivity contribution in [2.24, 2.45) is 0 Å². The first-order chi connectivity index (χ1) is 8.08. The minimum absolute atomic E-state index is 0.0365. The lowest BCUT2D eigenvalue weighted by atomic mass is 10.1. The summed E-state index contributed by atoms with van der Waals surface area (Å²) < 4.78 is 1.88. The average molecular weight is 229 g/mol. The van der Waals surface area contributed by atoms with Crippen LogP contribution in [0.25, 0.3) is 11.2 Å². The Hall–Kier alpha value is -1.94. The zero-order chi connectivity index (χ0) is 12.4. The number of nitrogens with zero attached hydrogens (tertiary/aromatic N) is 3. The Kier molecular flexibility index (Phi) is 3.06. The van der Waals surface area contributed by atoms with Crippen molar-refractivity contribution in [3.8, 4) is 0 Å². The van der Waals surface area contributed by atoms with Crippen molar-refractivity contribution < 1.29 is 4.79 Å². The molecule has 0 amide bonds.